The van der Waals surface area contributed by atoms with Crippen LogP contribution < -0.4 is 0 Å². The van der Waals surface area contributed by atoms with Gasteiger partial charge in [0.2, 0.25) is 5.78 Å². The van der Waals surface area contributed by atoms with Crippen molar-refractivity contribution in [2.24, 2.45) is 0 Å². The molecule has 4 nitrogen and oxygen atoms in total. The minimum atomic E-state index is -3.89. The van der Waals surface area contributed by atoms with Crippen molar-refractivity contribution in [1.82, 2.24) is 3.97 Å². The maximum atomic E-state index is 13.2. The van der Waals surface area contributed by atoms with Gasteiger partial charge < -0.3 is 0 Å². The van der Waals surface area contributed by atoms with E-state index in [4.69, 9.17) is 0 Å². The molecule has 0 saturated heterocycles. The van der Waals surface area contributed by atoms with Gasteiger partial charge >= 0.3 is 0 Å². The van der Waals surface area contributed by atoms with Crippen LogP contribution in [0.15, 0.2) is 83.1 Å². The van der Waals surface area contributed by atoms with Gasteiger partial charge in [-0.05, 0) is 35.7 Å². The van der Waals surface area contributed by atoms with Crippen LogP contribution in [-0.4, -0.2) is 18.2 Å². The summed E-state index contributed by atoms with van der Waals surface area (Å²) in [4.78, 5) is 13.6. The van der Waals surface area contributed by atoms with E-state index in [1.807, 2.05) is 6.07 Å². The van der Waals surface area contributed by atoms with Crippen molar-refractivity contribution < 1.29 is 13.2 Å². The molecule has 0 atom stereocenters. The lowest BCUT2D eigenvalue weighted by Gasteiger charge is -2.11. The van der Waals surface area contributed by atoms with Crippen molar-refractivity contribution in [3.8, 4) is 0 Å². The molecule has 2 heterocycles. The zero-order valence-electron chi connectivity index (χ0n) is 13.0. The number of benzene rings is 2. The number of fused-ring (bicyclic) bond motifs is 1. The van der Waals surface area contributed by atoms with Gasteiger partial charge in [0.25, 0.3) is 10.0 Å². The molecule has 0 radical (unpaired) electrons. The van der Waals surface area contributed by atoms with Crippen LogP contribution in [0.1, 0.15) is 15.4 Å². The Morgan fingerprint density at radius 3 is 2.32 bits per heavy atom. The number of hydrogen-bond donors (Lipinski definition) is 0. The standard InChI is InChI=1S/C19H13NO3S2/c21-19(18-11-6-12-24-18)17-13-14-7-4-5-10-16(14)20(17)25(22,23)15-8-2-1-3-9-15/h1-13H. The Hall–Kier alpha value is -2.70. The monoisotopic (exact) mass is 367 g/mol. The fourth-order valence-electron chi connectivity index (χ4n) is 2.78. The minimum absolute atomic E-state index is 0.146. The highest BCUT2D eigenvalue weighted by molar-refractivity contribution is 7.90. The van der Waals surface area contributed by atoms with Crippen molar-refractivity contribution in [1.29, 1.82) is 0 Å². The Morgan fingerprint density at radius 2 is 1.60 bits per heavy atom. The van der Waals surface area contributed by atoms with Gasteiger partial charge in [0.15, 0.2) is 0 Å². The van der Waals surface area contributed by atoms with Crippen LogP contribution in [0.2, 0.25) is 0 Å². The number of hydrogen-bond acceptors (Lipinski definition) is 4. The molecule has 2 aromatic carbocycles. The summed E-state index contributed by atoms with van der Waals surface area (Å²) in [6.07, 6.45) is 0. The number of rotatable bonds is 4. The van der Waals surface area contributed by atoms with E-state index < -0.39 is 10.0 Å². The molecule has 25 heavy (non-hydrogen) atoms. The first-order chi connectivity index (χ1) is 12.1. The van der Waals surface area contributed by atoms with E-state index in [0.717, 1.165) is 3.97 Å². The van der Waals surface area contributed by atoms with Gasteiger partial charge in [0.05, 0.1) is 15.3 Å². The number of nitrogens with zero attached hydrogens (tertiary/aromatic N) is 1. The molecular weight excluding hydrogens is 354 g/mol. The highest BCUT2D eigenvalue weighted by Crippen LogP contribution is 2.28. The zero-order chi connectivity index (χ0) is 17.4. The molecule has 0 unspecified atom stereocenters. The predicted octanol–water partition coefficient (Wildman–Crippen LogP) is 4.17. The molecule has 0 aliphatic carbocycles. The van der Waals surface area contributed by atoms with Crippen LogP contribution in [0.3, 0.4) is 0 Å². The molecule has 0 fully saturated rings. The van der Waals surface area contributed by atoms with Crippen molar-refractivity contribution in [3.05, 3.63) is 88.7 Å². The fourth-order valence-corrected chi connectivity index (χ4v) is 4.98. The Kier molecular flexibility index (Phi) is 3.78. The zero-order valence-corrected chi connectivity index (χ0v) is 14.6. The lowest BCUT2D eigenvalue weighted by atomic mass is 10.2. The molecule has 4 rings (SSSR count). The molecule has 0 aliphatic rings. The molecule has 0 N–H and O–H groups in total. The lowest BCUT2D eigenvalue weighted by Crippen LogP contribution is -2.18. The third-order valence-electron chi connectivity index (χ3n) is 3.93. The second kappa shape index (κ2) is 5.98. The van der Waals surface area contributed by atoms with Crippen molar-refractivity contribution in [3.63, 3.8) is 0 Å². The summed E-state index contributed by atoms with van der Waals surface area (Å²) in [6, 6.07) is 20.4. The van der Waals surface area contributed by atoms with Gasteiger partial charge in [-0.3, -0.25) is 4.79 Å². The number of ketones is 1. The van der Waals surface area contributed by atoms with Crippen molar-refractivity contribution >= 4 is 38.0 Å². The van der Waals surface area contributed by atoms with E-state index in [1.165, 1.54) is 23.5 Å². The molecule has 0 saturated carbocycles. The SMILES string of the molecule is O=C(c1cccs1)c1cc2ccccc2n1S(=O)(=O)c1ccccc1. The predicted molar refractivity (Wildman–Crippen MR) is 98.7 cm³/mol. The second-order valence-corrected chi connectivity index (χ2v) is 8.21. The van der Waals surface area contributed by atoms with Gasteiger partial charge in [-0.2, -0.15) is 0 Å². The van der Waals surface area contributed by atoms with E-state index in [2.05, 4.69) is 0 Å². The summed E-state index contributed by atoms with van der Waals surface area (Å²) in [6.45, 7) is 0. The topological polar surface area (TPSA) is 56.1 Å². The first kappa shape index (κ1) is 15.8. The quantitative estimate of drug-likeness (QED) is 0.509. The van der Waals surface area contributed by atoms with Gasteiger partial charge in [0.1, 0.15) is 5.69 Å². The van der Waals surface area contributed by atoms with Gasteiger partial charge in [0, 0.05) is 5.39 Å². The Morgan fingerprint density at radius 1 is 0.880 bits per heavy atom. The summed E-state index contributed by atoms with van der Waals surface area (Å²) in [7, 11) is -3.89. The first-order valence-corrected chi connectivity index (χ1v) is 9.90. The maximum Gasteiger partial charge on any atom is 0.268 e. The summed E-state index contributed by atoms with van der Waals surface area (Å²) < 4.78 is 27.6. The highest BCUT2D eigenvalue weighted by Gasteiger charge is 2.27. The Labute approximate surface area is 149 Å². The largest absolute Gasteiger partial charge is 0.286 e. The van der Waals surface area contributed by atoms with Crippen LogP contribution in [0.5, 0.6) is 0 Å². The minimum Gasteiger partial charge on any atom is -0.286 e. The number of aromatic nitrogens is 1. The molecule has 0 bridgehead atoms. The smallest absolute Gasteiger partial charge is 0.268 e. The van der Waals surface area contributed by atoms with E-state index >= 15 is 0 Å². The average molecular weight is 367 g/mol. The maximum absolute atomic E-state index is 13.2. The fraction of sp³-hybridized carbons (Fsp3) is 0. The summed E-state index contributed by atoms with van der Waals surface area (Å²) in [5, 5.41) is 2.51. The molecule has 6 heteroatoms. The van der Waals surface area contributed by atoms with E-state index in [0.29, 0.717) is 15.8 Å². The summed E-state index contributed by atoms with van der Waals surface area (Å²) in [5.41, 5.74) is 0.638. The number of carbonyl (C=O) groups is 1. The Balaban J connectivity index is 2.03. The first-order valence-electron chi connectivity index (χ1n) is 7.58. The summed E-state index contributed by atoms with van der Waals surface area (Å²) >= 11 is 1.29. The molecule has 0 amide bonds. The van der Waals surface area contributed by atoms with Gasteiger partial charge in [-0.25, -0.2) is 12.4 Å². The van der Waals surface area contributed by atoms with Crippen molar-refractivity contribution in [2.45, 2.75) is 4.90 Å². The van der Waals surface area contributed by atoms with E-state index in [1.54, 1.807) is 60.0 Å². The molecular formula is C19H13NO3S2. The van der Waals surface area contributed by atoms with Crippen LogP contribution in [0.25, 0.3) is 10.9 Å². The molecule has 0 spiro atoms. The third-order valence-corrected chi connectivity index (χ3v) is 6.54. The molecule has 4 aromatic rings. The number of para-hydroxylation sites is 1. The van der Waals surface area contributed by atoms with Crippen LogP contribution >= 0.6 is 11.3 Å². The number of carbonyl (C=O) groups excluding carboxylic acids is 1. The lowest BCUT2D eigenvalue weighted by molar-refractivity contribution is 0.103. The third kappa shape index (κ3) is 2.59. The normalized spacial score (nSPS) is 11.7. The van der Waals surface area contributed by atoms with Gasteiger partial charge in [-0.1, -0.05) is 42.5 Å². The Bertz CT molecular complexity index is 1160. The second-order valence-electron chi connectivity index (χ2n) is 5.48. The average Bonchev–Trinajstić information content (AvgIpc) is 3.29. The van der Waals surface area contributed by atoms with Crippen LogP contribution in [-0.2, 0) is 10.0 Å². The van der Waals surface area contributed by atoms with Crippen LogP contribution in [0, 0.1) is 0 Å². The van der Waals surface area contributed by atoms with E-state index in [9.17, 15) is 13.2 Å². The molecule has 2 aromatic heterocycles. The number of thiophene rings is 1. The van der Waals surface area contributed by atoms with Crippen LogP contribution in [0.4, 0.5) is 0 Å². The molecule has 124 valence electrons. The van der Waals surface area contributed by atoms with Gasteiger partial charge in [-0.15, -0.1) is 11.3 Å². The van der Waals surface area contributed by atoms with Crippen molar-refractivity contribution in [2.75, 3.05) is 0 Å². The highest BCUT2D eigenvalue weighted by atomic mass is 32.2. The van der Waals surface area contributed by atoms with E-state index in [-0.39, 0.29) is 16.4 Å². The summed E-state index contributed by atoms with van der Waals surface area (Å²) in [5.74, 6) is -0.300. The molecule has 0 aliphatic heterocycles.